The Morgan fingerprint density at radius 1 is 1.00 bits per heavy atom. The number of amides is 1. The average molecular weight is 397 g/mol. The molecule has 29 heavy (non-hydrogen) atoms. The molecule has 0 aromatic heterocycles. The maximum Gasteiger partial charge on any atom is 0.303 e. The van der Waals surface area contributed by atoms with E-state index in [2.05, 4.69) is 0 Å². The van der Waals surface area contributed by atoms with Gasteiger partial charge in [0.2, 0.25) is 0 Å². The fourth-order valence-corrected chi connectivity index (χ4v) is 3.51. The van der Waals surface area contributed by atoms with Gasteiger partial charge in [-0.25, -0.2) is 0 Å². The largest absolute Gasteiger partial charge is 0.485 e. The third-order valence-corrected chi connectivity index (χ3v) is 5.08. The van der Waals surface area contributed by atoms with Crippen LogP contribution in [0.3, 0.4) is 0 Å². The van der Waals surface area contributed by atoms with Crippen LogP contribution in [0.15, 0.2) is 54.6 Å². The Hall–Kier alpha value is -3.02. The van der Waals surface area contributed by atoms with E-state index in [0.717, 1.165) is 18.4 Å². The summed E-state index contributed by atoms with van der Waals surface area (Å²) in [5, 5.41) is 8.86. The number of rotatable bonds is 9. The molecule has 1 aliphatic rings. The number of ether oxygens (including phenoxy) is 2. The first-order valence-electron chi connectivity index (χ1n) is 10.00. The zero-order chi connectivity index (χ0) is 20.5. The number of aliphatic carboxylic acids is 1. The maximum absolute atomic E-state index is 12.6. The minimum atomic E-state index is -0.788. The van der Waals surface area contributed by atoms with E-state index in [0.29, 0.717) is 37.6 Å². The molecular weight excluding hydrogens is 370 g/mol. The van der Waals surface area contributed by atoms with Crippen LogP contribution in [0, 0.1) is 5.92 Å². The number of likely N-dealkylation sites (tertiary alicyclic amines) is 1. The van der Waals surface area contributed by atoms with Crippen LogP contribution in [0.2, 0.25) is 0 Å². The number of benzene rings is 2. The number of carboxylic acid groups (broad SMARTS) is 1. The molecule has 1 amide bonds. The molecule has 1 unspecified atom stereocenters. The van der Waals surface area contributed by atoms with Crippen molar-refractivity contribution in [1.29, 1.82) is 0 Å². The quantitative estimate of drug-likeness (QED) is 0.697. The monoisotopic (exact) mass is 397 g/mol. The van der Waals surface area contributed by atoms with Crippen molar-refractivity contribution in [3.05, 3.63) is 60.2 Å². The van der Waals surface area contributed by atoms with Crippen LogP contribution >= 0.6 is 0 Å². The topological polar surface area (TPSA) is 76.1 Å². The predicted octanol–water partition coefficient (Wildman–Crippen LogP) is 3.75. The van der Waals surface area contributed by atoms with E-state index in [1.54, 1.807) is 11.0 Å². The highest BCUT2D eigenvalue weighted by atomic mass is 16.5. The second kappa shape index (κ2) is 10.5. The summed E-state index contributed by atoms with van der Waals surface area (Å²) in [5.41, 5.74) is 1.05. The summed E-state index contributed by atoms with van der Waals surface area (Å²) in [6.07, 6.45) is 2.62. The summed E-state index contributed by atoms with van der Waals surface area (Å²) in [7, 11) is 0. The molecule has 1 saturated heterocycles. The van der Waals surface area contributed by atoms with Crippen molar-refractivity contribution in [3.63, 3.8) is 0 Å². The molecule has 1 aliphatic heterocycles. The van der Waals surface area contributed by atoms with Gasteiger partial charge in [-0.2, -0.15) is 0 Å². The van der Waals surface area contributed by atoms with E-state index in [9.17, 15) is 9.59 Å². The summed E-state index contributed by atoms with van der Waals surface area (Å²) >= 11 is 0. The molecule has 1 atom stereocenters. The molecule has 1 N–H and O–H groups in total. The van der Waals surface area contributed by atoms with E-state index < -0.39 is 5.97 Å². The van der Waals surface area contributed by atoms with E-state index in [1.165, 1.54) is 0 Å². The van der Waals surface area contributed by atoms with Crippen LogP contribution in [0.4, 0.5) is 0 Å². The van der Waals surface area contributed by atoms with Crippen LogP contribution in [-0.4, -0.2) is 41.6 Å². The Kier molecular flexibility index (Phi) is 7.50. The van der Waals surface area contributed by atoms with Crippen LogP contribution in [0.5, 0.6) is 11.5 Å². The number of carbonyl (C=O) groups excluding carboxylic acids is 1. The van der Waals surface area contributed by atoms with E-state index >= 15 is 0 Å². The molecule has 0 bridgehead atoms. The first kappa shape index (κ1) is 20.7. The third kappa shape index (κ3) is 6.52. The number of nitrogens with zero attached hydrogens (tertiary/aromatic N) is 1. The average Bonchev–Trinajstić information content (AvgIpc) is 2.76. The summed E-state index contributed by atoms with van der Waals surface area (Å²) in [6, 6.07) is 17.2. The highest BCUT2D eigenvalue weighted by molar-refractivity contribution is 5.78. The Morgan fingerprint density at radius 3 is 2.41 bits per heavy atom. The van der Waals surface area contributed by atoms with Crippen molar-refractivity contribution >= 4 is 11.9 Å². The molecule has 2 aromatic carbocycles. The zero-order valence-electron chi connectivity index (χ0n) is 16.5. The second-order valence-corrected chi connectivity index (χ2v) is 7.29. The van der Waals surface area contributed by atoms with Crippen LogP contribution in [0.1, 0.15) is 31.2 Å². The molecule has 0 spiro atoms. The fourth-order valence-electron chi connectivity index (χ4n) is 3.51. The molecule has 3 rings (SSSR count). The van der Waals surface area contributed by atoms with Gasteiger partial charge in [0, 0.05) is 19.5 Å². The smallest absolute Gasteiger partial charge is 0.303 e. The Morgan fingerprint density at radius 2 is 1.69 bits per heavy atom. The number of hydrogen-bond acceptors (Lipinski definition) is 4. The van der Waals surface area contributed by atoms with E-state index in [4.69, 9.17) is 14.6 Å². The van der Waals surface area contributed by atoms with Crippen LogP contribution < -0.4 is 9.47 Å². The Bertz CT molecular complexity index is 808. The molecule has 6 nitrogen and oxygen atoms in total. The van der Waals surface area contributed by atoms with E-state index in [-0.39, 0.29) is 24.9 Å². The van der Waals surface area contributed by atoms with Crippen molar-refractivity contribution in [2.24, 2.45) is 5.92 Å². The molecule has 154 valence electrons. The molecule has 0 radical (unpaired) electrons. The van der Waals surface area contributed by atoms with Crippen molar-refractivity contribution in [2.75, 3.05) is 19.7 Å². The van der Waals surface area contributed by atoms with Gasteiger partial charge in [-0.1, -0.05) is 42.5 Å². The molecule has 1 heterocycles. The van der Waals surface area contributed by atoms with Gasteiger partial charge in [0.1, 0.15) is 6.61 Å². The lowest BCUT2D eigenvalue weighted by Gasteiger charge is -2.32. The lowest BCUT2D eigenvalue weighted by molar-refractivity contribution is -0.137. The standard InChI is InChI=1S/C23H27NO5/c25-22(24-14-6-9-18(15-24)12-13-23(26)27)17-29-21-11-5-4-10-20(21)28-16-19-7-2-1-3-8-19/h1-5,7-8,10-11,18H,6,9,12-17H2,(H,26,27). The molecule has 0 aliphatic carbocycles. The molecule has 0 saturated carbocycles. The first-order valence-corrected chi connectivity index (χ1v) is 10.00. The SMILES string of the molecule is O=C(O)CCC1CCCN(C(=O)COc2ccccc2OCc2ccccc2)C1. The minimum absolute atomic E-state index is 0.0582. The van der Waals surface area contributed by atoms with Gasteiger partial charge >= 0.3 is 5.97 Å². The summed E-state index contributed by atoms with van der Waals surface area (Å²) in [4.78, 5) is 25.2. The Labute approximate surface area is 171 Å². The lowest BCUT2D eigenvalue weighted by atomic mass is 9.93. The van der Waals surface area contributed by atoms with Gasteiger partial charge in [-0.15, -0.1) is 0 Å². The predicted molar refractivity (Wildman–Crippen MR) is 109 cm³/mol. The summed E-state index contributed by atoms with van der Waals surface area (Å²) < 4.78 is 11.6. The van der Waals surface area contributed by atoms with Gasteiger partial charge in [-0.3, -0.25) is 9.59 Å². The van der Waals surface area contributed by atoms with Crippen molar-refractivity contribution in [1.82, 2.24) is 4.90 Å². The van der Waals surface area contributed by atoms with Crippen molar-refractivity contribution in [3.8, 4) is 11.5 Å². The highest BCUT2D eigenvalue weighted by Gasteiger charge is 2.24. The van der Waals surface area contributed by atoms with Gasteiger partial charge in [0.05, 0.1) is 0 Å². The summed E-state index contributed by atoms with van der Waals surface area (Å²) in [6.45, 7) is 1.66. The second-order valence-electron chi connectivity index (χ2n) is 7.29. The van der Waals surface area contributed by atoms with Gasteiger partial charge in [0.25, 0.3) is 5.91 Å². The molecule has 6 heteroatoms. The zero-order valence-corrected chi connectivity index (χ0v) is 16.5. The number of para-hydroxylation sites is 2. The van der Waals surface area contributed by atoms with Gasteiger partial charge in [-0.05, 0) is 42.9 Å². The summed E-state index contributed by atoms with van der Waals surface area (Å²) in [5.74, 6) is 0.510. The lowest BCUT2D eigenvalue weighted by Crippen LogP contribution is -2.42. The Balaban J connectivity index is 1.51. The molecular formula is C23H27NO5. The van der Waals surface area contributed by atoms with Crippen LogP contribution in [0.25, 0.3) is 0 Å². The number of carbonyl (C=O) groups is 2. The third-order valence-electron chi connectivity index (χ3n) is 5.08. The number of hydrogen-bond donors (Lipinski definition) is 1. The molecule has 2 aromatic rings. The molecule has 1 fully saturated rings. The van der Waals surface area contributed by atoms with Gasteiger partial charge < -0.3 is 19.5 Å². The number of carboxylic acids is 1. The van der Waals surface area contributed by atoms with E-state index in [1.807, 2.05) is 48.5 Å². The normalized spacial score (nSPS) is 16.3. The first-order chi connectivity index (χ1) is 14.1. The minimum Gasteiger partial charge on any atom is -0.485 e. The highest BCUT2D eigenvalue weighted by Crippen LogP contribution is 2.28. The van der Waals surface area contributed by atoms with Gasteiger partial charge in [0.15, 0.2) is 18.1 Å². The van der Waals surface area contributed by atoms with Crippen LogP contribution in [-0.2, 0) is 16.2 Å². The van der Waals surface area contributed by atoms with Crippen molar-refractivity contribution < 1.29 is 24.2 Å². The van der Waals surface area contributed by atoms with Crippen molar-refractivity contribution in [2.45, 2.75) is 32.3 Å². The fraction of sp³-hybridized carbons (Fsp3) is 0.391. The maximum atomic E-state index is 12.6. The number of piperidine rings is 1.